The number of sulfonamides is 1. The third kappa shape index (κ3) is 3.25. The van der Waals surface area contributed by atoms with Gasteiger partial charge in [-0.15, -0.1) is 0 Å². The van der Waals surface area contributed by atoms with Crippen LogP contribution in [0.25, 0.3) is 10.9 Å². The van der Waals surface area contributed by atoms with Gasteiger partial charge in [-0.3, -0.25) is 4.98 Å². The molecule has 2 aromatic rings. The monoisotopic (exact) mass is 250 g/mol. The second kappa shape index (κ2) is 4.43. The van der Waals surface area contributed by atoms with Gasteiger partial charge in [0.05, 0.1) is 11.8 Å². The number of pyridine rings is 1. The molecule has 1 heterocycles. The number of aryl methyl sites for hydroxylation is 1. The number of nitrogens with zero attached hydrogens (tertiary/aromatic N) is 1. The zero-order valence-corrected chi connectivity index (χ0v) is 10.6. The number of fused-ring (bicyclic) bond motifs is 1. The lowest BCUT2D eigenvalue weighted by molar-refractivity contribution is 0.587. The average molecular weight is 250 g/mol. The molecule has 90 valence electrons. The van der Waals surface area contributed by atoms with Gasteiger partial charge in [0.2, 0.25) is 10.0 Å². The maximum Gasteiger partial charge on any atom is 0.209 e. The molecule has 0 amide bonds. The summed E-state index contributed by atoms with van der Waals surface area (Å²) in [4.78, 5) is 4.39. The van der Waals surface area contributed by atoms with E-state index < -0.39 is 10.0 Å². The van der Waals surface area contributed by atoms with Crippen LogP contribution >= 0.6 is 0 Å². The lowest BCUT2D eigenvalue weighted by atomic mass is 10.1. The first-order valence-electron chi connectivity index (χ1n) is 5.25. The maximum absolute atomic E-state index is 11.0. The minimum atomic E-state index is -3.15. The van der Waals surface area contributed by atoms with Gasteiger partial charge >= 0.3 is 0 Å². The quantitative estimate of drug-likeness (QED) is 0.900. The van der Waals surface area contributed by atoms with Crippen LogP contribution in [0.4, 0.5) is 0 Å². The third-order valence-electron chi connectivity index (χ3n) is 2.43. The van der Waals surface area contributed by atoms with Crippen molar-refractivity contribution in [3.05, 3.63) is 41.6 Å². The molecule has 1 aromatic heterocycles. The molecule has 0 spiro atoms. The van der Waals surface area contributed by atoms with Crippen LogP contribution in [-0.2, 0) is 16.6 Å². The SMILES string of the molecule is Cc1ccc2cc(CNS(C)(=O)=O)ccc2n1. The first-order chi connectivity index (χ1) is 7.94. The van der Waals surface area contributed by atoms with Crippen molar-refractivity contribution in [3.8, 4) is 0 Å². The van der Waals surface area contributed by atoms with Crippen LogP contribution in [0.3, 0.4) is 0 Å². The molecule has 1 aromatic carbocycles. The van der Waals surface area contributed by atoms with Crippen molar-refractivity contribution in [3.63, 3.8) is 0 Å². The molecule has 17 heavy (non-hydrogen) atoms. The highest BCUT2D eigenvalue weighted by Gasteiger charge is 2.02. The van der Waals surface area contributed by atoms with E-state index in [2.05, 4.69) is 9.71 Å². The van der Waals surface area contributed by atoms with E-state index in [-0.39, 0.29) is 0 Å². The second-order valence-corrected chi connectivity index (χ2v) is 5.91. The van der Waals surface area contributed by atoms with Crippen molar-refractivity contribution in [2.45, 2.75) is 13.5 Å². The fourth-order valence-corrected chi connectivity index (χ4v) is 2.03. The maximum atomic E-state index is 11.0. The summed E-state index contributed by atoms with van der Waals surface area (Å²) in [5.74, 6) is 0. The van der Waals surface area contributed by atoms with Crippen LogP contribution in [0.5, 0.6) is 0 Å². The number of hydrogen-bond donors (Lipinski definition) is 1. The molecule has 0 saturated carbocycles. The lowest BCUT2D eigenvalue weighted by Gasteiger charge is -2.04. The molecule has 0 saturated heterocycles. The van der Waals surface area contributed by atoms with Gasteiger partial charge in [-0.1, -0.05) is 12.1 Å². The summed E-state index contributed by atoms with van der Waals surface area (Å²) in [6.45, 7) is 2.25. The first-order valence-corrected chi connectivity index (χ1v) is 7.14. The first kappa shape index (κ1) is 12.0. The van der Waals surface area contributed by atoms with E-state index in [0.29, 0.717) is 6.54 Å². The van der Waals surface area contributed by atoms with E-state index in [1.165, 1.54) is 0 Å². The molecule has 0 bridgehead atoms. The Bertz CT molecular complexity index is 651. The van der Waals surface area contributed by atoms with Gasteiger partial charge in [-0.25, -0.2) is 13.1 Å². The molecule has 0 radical (unpaired) electrons. The van der Waals surface area contributed by atoms with Gasteiger partial charge in [0, 0.05) is 17.6 Å². The molecule has 0 unspecified atom stereocenters. The van der Waals surface area contributed by atoms with Crippen LogP contribution in [0.2, 0.25) is 0 Å². The van der Waals surface area contributed by atoms with Gasteiger partial charge in [0.25, 0.3) is 0 Å². The molecular formula is C12H14N2O2S. The number of rotatable bonds is 3. The van der Waals surface area contributed by atoms with E-state index in [1.807, 2.05) is 37.3 Å². The van der Waals surface area contributed by atoms with Gasteiger partial charge in [-0.2, -0.15) is 0 Å². The highest BCUT2D eigenvalue weighted by Crippen LogP contribution is 2.14. The average Bonchev–Trinajstić information content (AvgIpc) is 2.25. The Morgan fingerprint density at radius 1 is 1.24 bits per heavy atom. The highest BCUT2D eigenvalue weighted by molar-refractivity contribution is 7.88. The molecular weight excluding hydrogens is 236 g/mol. The molecule has 0 aliphatic carbocycles. The Kier molecular flexibility index (Phi) is 3.13. The predicted octanol–water partition coefficient (Wildman–Crippen LogP) is 1.59. The third-order valence-corrected chi connectivity index (χ3v) is 3.10. The molecule has 1 N–H and O–H groups in total. The Morgan fingerprint density at radius 3 is 2.71 bits per heavy atom. The van der Waals surface area contributed by atoms with Crippen molar-refractivity contribution in [1.82, 2.24) is 9.71 Å². The van der Waals surface area contributed by atoms with Gasteiger partial charge < -0.3 is 0 Å². The Hall–Kier alpha value is -1.46. The normalized spacial score (nSPS) is 11.9. The van der Waals surface area contributed by atoms with Crippen molar-refractivity contribution < 1.29 is 8.42 Å². The fraction of sp³-hybridized carbons (Fsp3) is 0.250. The van der Waals surface area contributed by atoms with Gasteiger partial charge in [0.15, 0.2) is 0 Å². The second-order valence-electron chi connectivity index (χ2n) is 4.07. The molecule has 5 heteroatoms. The minimum absolute atomic E-state index is 0.308. The molecule has 0 fully saturated rings. The van der Waals surface area contributed by atoms with E-state index in [9.17, 15) is 8.42 Å². The number of hydrogen-bond acceptors (Lipinski definition) is 3. The van der Waals surface area contributed by atoms with E-state index in [1.54, 1.807) is 0 Å². The molecule has 4 nitrogen and oxygen atoms in total. The lowest BCUT2D eigenvalue weighted by Crippen LogP contribution is -2.21. The molecule has 0 atom stereocenters. The van der Waals surface area contributed by atoms with E-state index >= 15 is 0 Å². The summed E-state index contributed by atoms with van der Waals surface area (Å²) in [5.41, 5.74) is 2.82. The fourth-order valence-electron chi connectivity index (χ4n) is 1.60. The molecule has 0 aliphatic rings. The van der Waals surface area contributed by atoms with Gasteiger partial charge in [0.1, 0.15) is 0 Å². The summed E-state index contributed by atoms with van der Waals surface area (Å²) in [6.07, 6.45) is 1.15. The minimum Gasteiger partial charge on any atom is -0.253 e. The van der Waals surface area contributed by atoms with Crippen LogP contribution in [0.1, 0.15) is 11.3 Å². The Morgan fingerprint density at radius 2 is 2.00 bits per heavy atom. The smallest absolute Gasteiger partial charge is 0.209 e. The number of benzene rings is 1. The van der Waals surface area contributed by atoms with Crippen molar-refractivity contribution in [1.29, 1.82) is 0 Å². The van der Waals surface area contributed by atoms with Gasteiger partial charge in [-0.05, 0) is 30.7 Å². The highest BCUT2D eigenvalue weighted by atomic mass is 32.2. The summed E-state index contributed by atoms with van der Waals surface area (Å²) in [5, 5.41) is 1.02. The largest absolute Gasteiger partial charge is 0.253 e. The summed E-state index contributed by atoms with van der Waals surface area (Å²) in [6, 6.07) is 9.66. The van der Waals surface area contributed by atoms with Crippen LogP contribution in [-0.4, -0.2) is 19.7 Å². The summed E-state index contributed by atoms with van der Waals surface area (Å²) in [7, 11) is -3.15. The predicted molar refractivity (Wildman–Crippen MR) is 68.2 cm³/mol. The van der Waals surface area contributed by atoms with Crippen molar-refractivity contribution in [2.24, 2.45) is 0 Å². The molecule has 2 rings (SSSR count). The topological polar surface area (TPSA) is 59.1 Å². The summed E-state index contributed by atoms with van der Waals surface area (Å²) < 4.78 is 24.4. The zero-order chi connectivity index (χ0) is 12.5. The van der Waals surface area contributed by atoms with E-state index in [0.717, 1.165) is 28.4 Å². The van der Waals surface area contributed by atoms with Crippen LogP contribution in [0.15, 0.2) is 30.3 Å². The zero-order valence-electron chi connectivity index (χ0n) is 9.77. The number of nitrogens with one attached hydrogen (secondary N) is 1. The molecule has 0 aliphatic heterocycles. The van der Waals surface area contributed by atoms with E-state index in [4.69, 9.17) is 0 Å². The van der Waals surface area contributed by atoms with Crippen LogP contribution < -0.4 is 4.72 Å². The number of aromatic nitrogens is 1. The summed E-state index contributed by atoms with van der Waals surface area (Å²) >= 11 is 0. The van der Waals surface area contributed by atoms with Crippen molar-refractivity contribution in [2.75, 3.05) is 6.26 Å². The van der Waals surface area contributed by atoms with Crippen molar-refractivity contribution >= 4 is 20.9 Å². The van der Waals surface area contributed by atoms with Crippen LogP contribution in [0, 0.1) is 6.92 Å². The Balaban J connectivity index is 2.29. The standard InChI is InChI=1S/C12H14N2O2S/c1-9-3-5-11-7-10(4-6-12(11)14-9)8-13-17(2,15)16/h3-7,13H,8H2,1-2H3. The Labute approximate surface area is 101 Å².